The monoisotopic (exact) mass is 651 g/mol. The number of amides is 2. The summed E-state index contributed by atoms with van der Waals surface area (Å²) in [6.07, 6.45) is 0.735. The van der Waals surface area contributed by atoms with Gasteiger partial charge in [-0.05, 0) is 55.7 Å². The van der Waals surface area contributed by atoms with Gasteiger partial charge in [0.15, 0.2) is 0 Å². The average Bonchev–Trinajstić information content (AvgIpc) is 2.85. The van der Waals surface area contributed by atoms with E-state index in [1.807, 2.05) is 0 Å². The van der Waals surface area contributed by atoms with Gasteiger partial charge in [-0.25, -0.2) is 8.42 Å². The maximum Gasteiger partial charge on any atom is 0.416 e. The molecule has 1 unspecified atom stereocenters. The lowest BCUT2D eigenvalue weighted by molar-refractivity contribution is -0.139. The van der Waals surface area contributed by atoms with Crippen LogP contribution in [-0.2, 0) is 32.3 Å². The zero-order chi connectivity index (χ0) is 29.0. The smallest absolute Gasteiger partial charge is 0.352 e. The van der Waals surface area contributed by atoms with Crippen LogP contribution in [0.1, 0.15) is 50.2 Å². The first kappa shape index (κ1) is 31.2. The number of anilines is 1. The highest BCUT2D eigenvalue weighted by atomic mass is 79.9. The Balaban J connectivity index is 1.95. The van der Waals surface area contributed by atoms with Gasteiger partial charge in [-0.3, -0.25) is 13.9 Å². The van der Waals surface area contributed by atoms with Crippen LogP contribution >= 0.6 is 27.5 Å². The lowest BCUT2D eigenvalue weighted by Gasteiger charge is -2.33. The Hall–Kier alpha value is -2.31. The highest BCUT2D eigenvalue weighted by molar-refractivity contribution is 9.10. The molecule has 3 rings (SSSR count). The number of carbonyl (C=O) groups is 2. The van der Waals surface area contributed by atoms with Crippen LogP contribution < -0.4 is 9.62 Å². The lowest BCUT2D eigenvalue weighted by Crippen LogP contribution is -2.53. The van der Waals surface area contributed by atoms with Gasteiger partial charge < -0.3 is 10.2 Å². The second kappa shape index (κ2) is 12.9. The van der Waals surface area contributed by atoms with Crippen molar-refractivity contribution in [1.29, 1.82) is 0 Å². The molecule has 0 bridgehead atoms. The quantitative estimate of drug-likeness (QED) is 0.374. The van der Waals surface area contributed by atoms with Crippen molar-refractivity contribution in [3.8, 4) is 0 Å². The number of alkyl halides is 3. The summed E-state index contributed by atoms with van der Waals surface area (Å²) in [4.78, 5) is 28.1. The number of hydrogen-bond acceptors (Lipinski definition) is 4. The van der Waals surface area contributed by atoms with Crippen LogP contribution in [0.25, 0.3) is 0 Å². The summed E-state index contributed by atoms with van der Waals surface area (Å²) in [6, 6.07) is 8.28. The van der Waals surface area contributed by atoms with Crippen molar-refractivity contribution in [2.24, 2.45) is 0 Å². The van der Waals surface area contributed by atoms with E-state index in [0.29, 0.717) is 15.9 Å². The molecule has 1 aliphatic rings. The number of nitrogens with zero attached hydrogens (tertiary/aromatic N) is 2. The Morgan fingerprint density at radius 2 is 1.79 bits per heavy atom. The summed E-state index contributed by atoms with van der Waals surface area (Å²) >= 11 is 9.48. The van der Waals surface area contributed by atoms with Crippen LogP contribution in [0, 0.1) is 0 Å². The third kappa shape index (κ3) is 8.59. The molecule has 214 valence electrons. The maximum atomic E-state index is 13.7. The van der Waals surface area contributed by atoms with E-state index in [1.165, 1.54) is 11.8 Å². The minimum atomic E-state index is -4.76. The molecule has 1 fully saturated rings. The molecule has 13 heteroatoms. The number of sulfonamides is 1. The van der Waals surface area contributed by atoms with Crippen molar-refractivity contribution >= 4 is 55.1 Å². The molecule has 1 aliphatic carbocycles. The van der Waals surface area contributed by atoms with E-state index < -0.39 is 51.9 Å². The molecule has 0 aromatic heterocycles. The van der Waals surface area contributed by atoms with Crippen LogP contribution in [-0.4, -0.2) is 50.0 Å². The molecule has 2 aromatic carbocycles. The summed E-state index contributed by atoms with van der Waals surface area (Å²) in [7, 11) is -4.25. The van der Waals surface area contributed by atoms with Crippen molar-refractivity contribution in [2.45, 2.75) is 63.8 Å². The lowest BCUT2D eigenvalue weighted by atomic mass is 9.95. The molecular formula is C26H30BrClF3N3O4S. The summed E-state index contributed by atoms with van der Waals surface area (Å²) < 4.78 is 66.8. The number of hydrogen-bond donors (Lipinski definition) is 1. The predicted molar refractivity (Wildman–Crippen MR) is 148 cm³/mol. The zero-order valence-electron chi connectivity index (χ0n) is 21.5. The number of rotatable bonds is 9. The molecule has 0 saturated heterocycles. The first-order valence-corrected chi connectivity index (χ1v) is 15.4. The molecule has 2 amide bonds. The van der Waals surface area contributed by atoms with Gasteiger partial charge in [0.2, 0.25) is 21.8 Å². The van der Waals surface area contributed by atoms with Crippen LogP contribution in [0.5, 0.6) is 0 Å². The number of halogens is 5. The summed E-state index contributed by atoms with van der Waals surface area (Å²) in [5.41, 5.74) is -0.934. The minimum Gasteiger partial charge on any atom is -0.352 e. The van der Waals surface area contributed by atoms with E-state index in [0.717, 1.165) is 55.0 Å². The van der Waals surface area contributed by atoms with E-state index in [9.17, 15) is 31.2 Å². The Morgan fingerprint density at radius 1 is 1.13 bits per heavy atom. The average molecular weight is 653 g/mol. The first-order chi connectivity index (χ1) is 18.2. The van der Waals surface area contributed by atoms with Crippen molar-refractivity contribution in [3.63, 3.8) is 0 Å². The minimum absolute atomic E-state index is 0.0204. The van der Waals surface area contributed by atoms with Crippen LogP contribution in [0.15, 0.2) is 46.9 Å². The van der Waals surface area contributed by atoms with Gasteiger partial charge in [0.1, 0.15) is 12.6 Å². The number of nitrogens with one attached hydrogen (secondary N) is 1. The normalized spacial score (nSPS) is 15.5. The van der Waals surface area contributed by atoms with Crippen molar-refractivity contribution < 1.29 is 31.2 Å². The largest absolute Gasteiger partial charge is 0.416 e. The zero-order valence-corrected chi connectivity index (χ0v) is 24.6. The van der Waals surface area contributed by atoms with E-state index in [2.05, 4.69) is 21.2 Å². The molecule has 1 N–H and O–H groups in total. The second-order valence-corrected chi connectivity index (χ2v) is 12.8. The molecule has 1 atom stereocenters. The fourth-order valence-electron chi connectivity index (χ4n) is 4.46. The molecule has 0 radical (unpaired) electrons. The van der Waals surface area contributed by atoms with Gasteiger partial charge in [-0.15, -0.1) is 0 Å². The van der Waals surface area contributed by atoms with Gasteiger partial charge in [0, 0.05) is 17.1 Å². The van der Waals surface area contributed by atoms with Gasteiger partial charge in [0.25, 0.3) is 0 Å². The van der Waals surface area contributed by atoms with Gasteiger partial charge >= 0.3 is 6.18 Å². The molecule has 2 aromatic rings. The predicted octanol–water partition coefficient (Wildman–Crippen LogP) is 5.75. The van der Waals surface area contributed by atoms with Crippen LogP contribution in [0.2, 0.25) is 5.02 Å². The molecular weight excluding hydrogens is 623 g/mol. The summed E-state index contributed by atoms with van der Waals surface area (Å²) in [5, 5.41) is 2.70. The third-order valence-corrected chi connectivity index (χ3v) is 8.52. The van der Waals surface area contributed by atoms with Gasteiger partial charge in [-0.1, -0.05) is 58.9 Å². The molecule has 7 nitrogen and oxygen atoms in total. The Morgan fingerprint density at radius 3 is 2.38 bits per heavy atom. The Bertz CT molecular complexity index is 1300. The molecule has 0 aliphatic heterocycles. The van der Waals surface area contributed by atoms with Crippen molar-refractivity contribution in [3.05, 3.63) is 63.1 Å². The van der Waals surface area contributed by atoms with E-state index in [1.54, 1.807) is 24.3 Å². The topological polar surface area (TPSA) is 86.8 Å². The molecule has 1 saturated carbocycles. The van der Waals surface area contributed by atoms with Crippen molar-refractivity contribution in [2.75, 3.05) is 17.1 Å². The first-order valence-electron chi connectivity index (χ1n) is 12.4. The summed E-state index contributed by atoms with van der Waals surface area (Å²) in [6.45, 7) is 0.649. The standard InChI is InChI=1S/C26H30BrClF3N3O4S/c1-17(25(36)32-21-9-4-3-5-10-21)33(15-18-7-6-8-20(27)13-18)24(35)16-34(39(2,37)38)23-14-19(26(29,30)31)11-12-22(23)28/h6-8,11-14,17,21H,3-5,9-10,15-16H2,1-2H3,(H,32,36). The molecule has 0 heterocycles. The Labute approximate surface area is 239 Å². The highest BCUT2D eigenvalue weighted by Gasteiger charge is 2.35. The van der Waals surface area contributed by atoms with Crippen LogP contribution in [0.3, 0.4) is 0 Å². The van der Waals surface area contributed by atoms with E-state index >= 15 is 0 Å². The van der Waals surface area contributed by atoms with Crippen molar-refractivity contribution in [1.82, 2.24) is 10.2 Å². The fourth-order valence-corrected chi connectivity index (χ4v) is 6.03. The van der Waals surface area contributed by atoms with Gasteiger partial charge in [-0.2, -0.15) is 13.2 Å². The highest BCUT2D eigenvalue weighted by Crippen LogP contribution is 2.36. The SMILES string of the molecule is CC(C(=O)NC1CCCCC1)N(Cc1cccc(Br)c1)C(=O)CN(c1cc(C(F)(F)F)ccc1Cl)S(C)(=O)=O. The van der Waals surface area contributed by atoms with E-state index in [4.69, 9.17) is 11.6 Å². The van der Waals surface area contributed by atoms with Crippen LogP contribution in [0.4, 0.5) is 18.9 Å². The fraction of sp³-hybridized carbons (Fsp3) is 0.462. The second-order valence-electron chi connectivity index (χ2n) is 9.60. The summed E-state index contributed by atoms with van der Waals surface area (Å²) in [5.74, 6) is -1.17. The number of carbonyl (C=O) groups excluding carboxylic acids is 2. The Kier molecular flexibility index (Phi) is 10.3. The molecule has 39 heavy (non-hydrogen) atoms. The van der Waals surface area contributed by atoms with E-state index in [-0.39, 0.29) is 17.6 Å². The maximum absolute atomic E-state index is 13.7. The number of benzene rings is 2. The molecule has 0 spiro atoms. The van der Waals surface area contributed by atoms with Gasteiger partial charge in [0.05, 0.1) is 22.5 Å². The third-order valence-electron chi connectivity index (χ3n) is 6.58.